The van der Waals surface area contributed by atoms with Crippen LogP contribution in [0.5, 0.6) is 5.75 Å². The summed E-state index contributed by atoms with van der Waals surface area (Å²) in [6.45, 7) is 10.1. The van der Waals surface area contributed by atoms with Gasteiger partial charge in [-0.1, -0.05) is 29.3 Å². The van der Waals surface area contributed by atoms with Gasteiger partial charge in [0, 0.05) is 54.8 Å². The van der Waals surface area contributed by atoms with E-state index < -0.39 is 5.79 Å². The number of aromatic nitrogens is 2. The van der Waals surface area contributed by atoms with Crippen molar-refractivity contribution in [3.63, 3.8) is 0 Å². The van der Waals surface area contributed by atoms with Gasteiger partial charge in [0.05, 0.1) is 24.5 Å². The number of halogens is 2. The van der Waals surface area contributed by atoms with Crippen molar-refractivity contribution in [3.05, 3.63) is 83.7 Å². The lowest BCUT2D eigenvalue weighted by molar-refractivity contribution is -0.189. The average Bonchev–Trinajstić information content (AvgIpc) is 3.54. The number of hydrogen-bond acceptors (Lipinski definition) is 6. The van der Waals surface area contributed by atoms with Crippen LogP contribution < -0.4 is 9.64 Å². The number of imidazole rings is 1. The molecule has 0 N–H and O–H groups in total. The molecule has 7 nitrogen and oxygen atoms in total. The molecule has 0 amide bonds. The van der Waals surface area contributed by atoms with Crippen LogP contribution in [0.4, 0.5) is 5.69 Å². The van der Waals surface area contributed by atoms with Gasteiger partial charge in [0.15, 0.2) is 0 Å². The van der Waals surface area contributed by atoms with Gasteiger partial charge in [0.1, 0.15) is 18.5 Å². The highest BCUT2D eigenvalue weighted by molar-refractivity contribution is 6.35. The molecule has 0 bridgehead atoms. The SMILES string of the molecule is [CH2]CN1CCN(c2ccc(OC[C@@H]3CO[C@@](Cn4ccnc4)(c4ccc(Cl)cc4Cl)O3)cc2)CC1. The Labute approximate surface area is 216 Å². The Morgan fingerprint density at radius 2 is 1.89 bits per heavy atom. The molecule has 3 aromatic rings. The zero-order chi connectivity index (χ0) is 24.3. The number of anilines is 1. The van der Waals surface area contributed by atoms with E-state index in [9.17, 15) is 0 Å². The lowest BCUT2D eigenvalue weighted by atomic mass is 10.1. The molecule has 2 aliphatic rings. The minimum absolute atomic E-state index is 0.263. The second-order valence-electron chi connectivity index (χ2n) is 8.80. The minimum Gasteiger partial charge on any atom is -0.491 e. The Morgan fingerprint density at radius 1 is 1.09 bits per heavy atom. The summed E-state index contributed by atoms with van der Waals surface area (Å²) >= 11 is 12.7. The third-order valence-corrected chi connectivity index (χ3v) is 7.02. The fourth-order valence-corrected chi connectivity index (χ4v) is 5.10. The zero-order valence-corrected chi connectivity index (χ0v) is 21.0. The molecule has 0 spiro atoms. The summed E-state index contributed by atoms with van der Waals surface area (Å²) in [5.74, 6) is -0.262. The first kappa shape index (κ1) is 24.4. The van der Waals surface area contributed by atoms with Crippen molar-refractivity contribution in [2.24, 2.45) is 0 Å². The van der Waals surface area contributed by atoms with E-state index in [1.165, 1.54) is 5.69 Å². The van der Waals surface area contributed by atoms with Crippen LogP contribution in [0.2, 0.25) is 10.0 Å². The van der Waals surface area contributed by atoms with Crippen LogP contribution in [0, 0.1) is 6.92 Å². The van der Waals surface area contributed by atoms with Gasteiger partial charge < -0.3 is 23.7 Å². The van der Waals surface area contributed by atoms with Crippen molar-refractivity contribution in [2.45, 2.75) is 18.4 Å². The van der Waals surface area contributed by atoms with Crippen LogP contribution >= 0.6 is 23.2 Å². The van der Waals surface area contributed by atoms with Gasteiger partial charge in [0.2, 0.25) is 5.79 Å². The molecule has 0 aliphatic carbocycles. The van der Waals surface area contributed by atoms with Gasteiger partial charge in [-0.2, -0.15) is 0 Å². The molecule has 2 fully saturated rings. The molecule has 1 radical (unpaired) electrons. The lowest BCUT2D eigenvalue weighted by Gasteiger charge is -2.35. The van der Waals surface area contributed by atoms with Crippen LogP contribution in [0.3, 0.4) is 0 Å². The van der Waals surface area contributed by atoms with Gasteiger partial charge >= 0.3 is 0 Å². The highest BCUT2D eigenvalue weighted by Crippen LogP contribution is 2.40. The number of nitrogens with zero attached hydrogens (tertiary/aromatic N) is 4. The van der Waals surface area contributed by atoms with E-state index in [2.05, 4.69) is 33.8 Å². The van der Waals surface area contributed by atoms with Gasteiger partial charge in [-0.15, -0.1) is 0 Å². The molecular weight excluding hydrogens is 487 g/mol. The highest BCUT2D eigenvalue weighted by atomic mass is 35.5. The van der Waals surface area contributed by atoms with Crippen molar-refractivity contribution >= 4 is 28.9 Å². The standard InChI is InChI=1S/C26H29Cl2N4O3/c1-2-30-11-13-32(14-12-30)21-4-6-22(7-5-21)33-16-23-17-34-26(35-23,18-31-10-9-29-19-31)24-8-3-20(27)15-25(24)28/h3-10,15,19,23H,1-2,11-14,16-18H2/t23-,26-/m1/s1. The van der Waals surface area contributed by atoms with E-state index in [1.807, 2.05) is 29.0 Å². The van der Waals surface area contributed by atoms with Crippen molar-refractivity contribution in [1.82, 2.24) is 14.5 Å². The molecule has 0 saturated carbocycles. The molecule has 35 heavy (non-hydrogen) atoms. The van der Waals surface area contributed by atoms with Gasteiger partial charge in [-0.05, 0) is 49.9 Å². The number of piperazine rings is 1. The fraction of sp³-hybridized carbons (Fsp3) is 0.385. The maximum atomic E-state index is 6.54. The molecule has 5 rings (SSSR count). The largest absolute Gasteiger partial charge is 0.491 e. The summed E-state index contributed by atoms with van der Waals surface area (Å²) in [5.41, 5.74) is 1.93. The molecule has 2 saturated heterocycles. The van der Waals surface area contributed by atoms with E-state index in [1.54, 1.807) is 24.7 Å². The van der Waals surface area contributed by atoms with E-state index in [0.29, 0.717) is 29.8 Å². The van der Waals surface area contributed by atoms with Crippen molar-refractivity contribution < 1.29 is 14.2 Å². The summed E-state index contributed by atoms with van der Waals surface area (Å²) in [7, 11) is 0. The second-order valence-corrected chi connectivity index (χ2v) is 9.64. The Hall–Kier alpha value is -2.29. The molecule has 0 unspecified atom stereocenters. The van der Waals surface area contributed by atoms with Gasteiger partial charge in [0.25, 0.3) is 0 Å². The van der Waals surface area contributed by atoms with Crippen molar-refractivity contribution in [1.29, 1.82) is 0 Å². The first-order valence-electron chi connectivity index (χ1n) is 11.8. The molecule has 185 valence electrons. The van der Waals surface area contributed by atoms with Crippen molar-refractivity contribution in [2.75, 3.05) is 50.8 Å². The predicted molar refractivity (Wildman–Crippen MR) is 137 cm³/mol. The minimum atomic E-state index is -1.06. The fourth-order valence-electron chi connectivity index (χ4n) is 4.55. The Morgan fingerprint density at radius 3 is 2.57 bits per heavy atom. The van der Waals surface area contributed by atoms with Gasteiger partial charge in [-0.25, -0.2) is 4.98 Å². The maximum Gasteiger partial charge on any atom is 0.215 e. The molecule has 1 aromatic heterocycles. The third kappa shape index (κ3) is 5.60. The molecule has 2 atom stereocenters. The van der Waals surface area contributed by atoms with Crippen LogP contribution in [0.1, 0.15) is 5.56 Å². The first-order chi connectivity index (χ1) is 17.0. The summed E-state index contributed by atoms with van der Waals surface area (Å²) < 4.78 is 20.7. The molecule has 2 aliphatic heterocycles. The maximum absolute atomic E-state index is 6.54. The summed E-state index contributed by atoms with van der Waals surface area (Å²) in [6.07, 6.45) is 5.04. The van der Waals surface area contributed by atoms with Gasteiger partial charge in [-0.3, -0.25) is 4.90 Å². The van der Waals surface area contributed by atoms with E-state index in [-0.39, 0.29) is 6.10 Å². The first-order valence-corrected chi connectivity index (χ1v) is 12.5. The van der Waals surface area contributed by atoms with E-state index in [4.69, 9.17) is 37.4 Å². The Bertz CT molecular complexity index is 1100. The normalized spacial score (nSPS) is 23.1. The molecular formula is C26H29Cl2N4O3. The van der Waals surface area contributed by atoms with Crippen LogP contribution in [-0.2, 0) is 21.8 Å². The number of ether oxygens (including phenoxy) is 3. The summed E-state index contributed by atoms with van der Waals surface area (Å²) in [6, 6.07) is 13.6. The summed E-state index contributed by atoms with van der Waals surface area (Å²) in [5, 5.41) is 1.05. The Kier molecular flexibility index (Phi) is 7.51. The van der Waals surface area contributed by atoms with E-state index in [0.717, 1.165) is 44.0 Å². The van der Waals surface area contributed by atoms with Crippen LogP contribution in [0.25, 0.3) is 0 Å². The molecule has 2 aromatic carbocycles. The smallest absolute Gasteiger partial charge is 0.215 e. The highest BCUT2D eigenvalue weighted by Gasteiger charge is 2.45. The molecule has 9 heteroatoms. The number of hydrogen-bond donors (Lipinski definition) is 0. The quantitative estimate of drug-likeness (QED) is 0.440. The number of benzene rings is 2. The summed E-state index contributed by atoms with van der Waals surface area (Å²) in [4.78, 5) is 8.89. The Balaban J connectivity index is 1.23. The monoisotopic (exact) mass is 515 g/mol. The third-order valence-electron chi connectivity index (χ3n) is 6.48. The topological polar surface area (TPSA) is 52.0 Å². The van der Waals surface area contributed by atoms with E-state index >= 15 is 0 Å². The molecule has 3 heterocycles. The zero-order valence-electron chi connectivity index (χ0n) is 19.5. The predicted octanol–water partition coefficient (Wildman–Crippen LogP) is 4.49. The average molecular weight is 516 g/mol. The van der Waals surface area contributed by atoms with Crippen molar-refractivity contribution in [3.8, 4) is 5.75 Å². The van der Waals surface area contributed by atoms with Crippen LogP contribution in [0.15, 0.2) is 61.2 Å². The van der Waals surface area contributed by atoms with Crippen LogP contribution in [-0.4, -0.2) is 66.5 Å². The number of rotatable bonds is 8. The lowest BCUT2D eigenvalue weighted by Crippen LogP contribution is -2.46. The second kappa shape index (κ2) is 10.8.